The summed E-state index contributed by atoms with van der Waals surface area (Å²) >= 11 is 0. The van der Waals surface area contributed by atoms with E-state index in [0.717, 1.165) is 5.75 Å². The molecular formula is C21H28O. The van der Waals surface area contributed by atoms with Crippen molar-refractivity contribution in [2.45, 2.75) is 53.4 Å². The van der Waals surface area contributed by atoms with Crippen LogP contribution in [0.3, 0.4) is 0 Å². The van der Waals surface area contributed by atoms with Crippen LogP contribution in [0.15, 0.2) is 36.4 Å². The number of rotatable bonds is 7. The summed E-state index contributed by atoms with van der Waals surface area (Å²) in [4.78, 5) is 0. The van der Waals surface area contributed by atoms with Gasteiger partial charge in [-0.2, -0.15) is 0 Å². The van der Waals surface area contributed by atoms with Gasteiger partial charge in [-0.1, -0.05) is 50.1 Å². The highest BCUT2D eigenvalue weighted by atomic mass is 16.5. The van der Waals surface area contributed by atoms with Gasteiger partial charge < -0.3 is 4.74 Å². The molecule has 1 nitrogen and oxygen atoms in total. The van der Waals surface area contributed by atoms with Gasteiger partial charge in [-0.3, -0.25) is 0 Å². The standard InChI is InChI=1S/C21H28O/c1-5-7-8-9-18-10-12-19(13-11-18)20-14-15-21(22-6-2)17(4)16(20)3/h10-15H,5-9H2,1-4H3. The maximum atomic E-state index is 5.68. The molecular weight excluding hydrogens is 268 g/mol. The number of hydrogen-bond acceptors (Lipinski definition) is 1. The van der Waals surface area contributed by atoms with E-state index in [2.05, 4.69) is 57.2 Å². The van der Waals surface area contributed by atoms with Gasteiger partial charge in [0.05, 0.1) is 6.61 Å². The lowest BCUT2D eigenvalue weighted by Gasteiger charge is -2.14. The van der Waals surface area contributed by atoms with Crippen LogP contribution >= 0.6 is 0 Å². The summed E-state index contributed by atoms with van der Waals surface area (Å²) in [7, 11) is 0. The van der Waals surface area contributed by atoms with Crippen LogP contribution in [-0.2, 0) is 6.42 Å². The van der Waals surface area contributed by atoms with E-state index in [0.29, 0.717) is 6.61 Å². The van der Waals surface area contributed by atoms with Gasteiger partial charge in [0.25, 0.3) is 0 Å². The fraction of sp³-hybridized carbons (Fsp3) is 0.429. The molecule has 0 heterocycles. The highest BCUT2D eigenvalue weighted by molar-refractivity contribution is 5.70. The Morgan fingerprint density at radius 3 is 2.18 bits per heavy atom. The van der Waals surface area contributed by atoms with Crippen molar-refractivity contribution in [3.8, 4) is 16.9 Å². The van der Waals surface area contributed by atoms with E-state index >= 15 is 0 Å². The lowest BCUT2D eigenvalue weighted by atomic mass is 9.95. The van der Waals surface area contributed by atoms with Crippen LogP contribution in [0.1, 0.15) is 49.8 Å². The van der Waals surface area contributed by atoms with Gasteiger partial charge in [0, 0.05) is 0 Å². The zero-order valence-corrected chi connectivity index (χ0v) is 14.4. The van der Waals surface area contributed by atoms with Gasteiger partial charge >= 0.3 is 0 Å². The molecule has 0 saturated heterocycles. The fourth-order valence-electron chi connectivity index (χ4n) is 2.85. The molecule has 0 aliphatic rings. The molecule has 0 spiro atoms. The summed E-state index contributed by atoms with van der Waals surface area (Å²) in [6.07, 6.45) is 5.08. The van der Waals surface area contributed by atoms with Crippen LogP contribution in [0, 0.1) is 13.8 Å². The number of unbranched alkanes of at least 4 members (excludes halogenated alkanes) is 2. The molecule has 0 N–H and O–H groups in total. The Kier molecular flexibility index (Phi) is 6.06. The van der Waals surface area contributed by atoms with Crippen molar-refractivity contribution in [2.24, 2.45) is 0 Å². The Labute approximate surface area is 135 Å². The van der Waals surface area contributed by atoms with Gasteiger partial charge in [0.2, 0.25) is 0 Å². The number of aryl methyl sites for hydroxylation is 1. The second kappa shape index (κ2) is 8.03. The van der Waals surface area contributed by atoms with Crippen molar-refractivity contribution < 1.29 is 4.74 Å². The minimum absolute atomic E-state index is 0.714. The molecule has 2 rings (SSSR count). The molecule has 2 aromatic rings. The lowest BCUT2D eigenvalue weighted by molar-refractivity contribution is 0.337. The first-order chi connectivity index (χ1) is 10.7. The maximum Gasteiger partial charge on any atom is 0.122 e. The highest BCUT2D eigenvalue weighted by Gasteiger charge is 2.08. The molecule has 2 aromatic carbocycles. The van der Waals surface area contributed by atoms with Crippen LogP contribution < -0.4 is 4.74 Å². The molecule has 0 aromatic heterocycles. The zero-order chi connectivity index (χ0) is 15.9. The van der Waals surface area contributed by atoms with E-state index in [1.165, 1.54) is 53.5 Å². The Bertz CT molecular complexity index is 596. The molecule has 1 heteroatoms. The van der Waals surface area contributed by atoms with Crippen LogP contribution in [0.2, 0.25) is 0 Å². The van der Waals surface area contributed by atoms with Gasteiger partial charge in [0.1, 0.15) is 5.75 Å². The molecule has 0 bridgehead atoms. The van der Waals surface area contributed by atoms with Crippen molar-refractivity contribution in [3.63, 3.8) is 0 Å². The SMILES string of the molecule is CCCCCc1ccc(-c2ccc(OCC)c(C)c2C)cc1. The van der Waals surface area contributed by atoms with E-state index < -0.39 is 0 Å². The number of benzene rings is 2. The minimum atomic E-state index is 0.714. The predicted molar refractivity (Wildman–Crippen MR) is 95.8 cm³/mol. The first-order valence-electron chi connectivity index (χ1n) is 8.49. The molecule has 0 fully saturated rings. The molecule has 0 amide bonds. The fourth-order valence-corrected chi connectivity index (χ4v) is 2.85. The quantitative estimate of drug-likeness (QED) is 0.561. The average molecular weight is 296 g/mol. The molecule has 22 heavy (non-hydrogen) atoms. The minimum Gasteiger partial charge on any atom is -0.494 e. The van der Waals surface area contributed by atoms with Crippen molar-refractivity contribution in [2.75, 3.05) is 6.61 Å². The third kappa shape index (κ3) is 3.91. The second-order valence-electron chi connectivity index (χ2n) is 5.95. The smallest absolute Gasteiger partial charge is 0.122 e. The predicted octanol–water partition coefficient (Wildman–Crippen LogP) is 6.10. The maximum absolute atomic E-state index is 5.68. The third-order valence-electron chi connectivity index (χ3n) is 4.37. The second-order valence-corrected chi connectivity index (χ2v) is 5.95. The van der Waals surface area contributed by atoms with Crippen LogP contribution in [-0.4, -0.2) is 6.61 Å². The Balaban J connectivity index is 2.19. The van der Waals surface area contributed by atoms with Crippen molar-refractivity contribution in [1.82, 2.24) is 0 Å². The van der Waals surface area contributed by atoms with Gasteiger partial charge in [-0.15, -0.1) is 0 Å². The summed E-state index contributed by atoms with van der Waals surface area (Å²) in [5, 5.41) is 0. The molecule has 0 atom stereocenters. The van der Waals surface area contributed by atoms with E-state index in [-0.39, 0.29) is 0 Å². The van der Waals surface area contributed by atoms with E-state index in [1.807, 2.05) is 6.92 Å². The topological polar surface area (TPSA) is 9.23 Å². The first kappa shape index (κ1) is 16.6. The Hall–Kier alpha value is -1.76. The normalized spacial score (nSPS) is 10.7. The summed E-state index contributed by atoms with van der Waals surface area (Å²) in [6, 6.07) is 13.3. The van der Waals surface area contributed by atoms with Crippen LogP contribution in [0.5, 0.6) is 5.75 Å². The lowest BCUT2D eigenvalue weighted by Crippen LogP contribution is -1.97. The first-order valence-corrected chi connectivity index (χ1v) is 8.49. The highest BCUT2D eigenvalue weighted by Crippen LogP contribution is 2.31. The third-order valence-corrected chi connectivity index (χ3v) is 4.37. The summed E-state index contributed by atoms with van der Waals surface area (Å²) in [5.41, 5.74) is 6.59. The van der Waals surface area contributed by atoms with Gasteiger partial charge in [-0.05, 0) is 67.5 Å². The van der Waals surface area contributed by atoms with Crippen molar-refractivity contribution >= 4 is 0 Å². The summed E-state index contributed by atoms with van der Waals surface area (Å²) in [6.45, 7) is 9.32. The van der Waals surface area contributed by atoms with Gasteiger partial charge in [-0.25, -0.2) is 0 Å². The Morgan fingerprint density at radius 2 is 1.55 bits per heavy atom. The largest absolute Gasteiger partial charge is 0.494 e. The van der Waals surface area contributed by atoms with Crippen molar-refractivity contribution in [3.05, 3.63) is 53.1 Å². The molecule has 118 valence electrons. The summed E-state index contributed by atoms with van der Waals surface area (Å²) < 4.78 is 5.68. The molecule has 0 unspecified atom stereocenters. The van der Waals surface area contributed by atoms with Crippen LogP contribution in [0.4, 0.5) is 0 Å². The van der Waals surface area contributed by atoms with E-state index in [9.17, 15) is 0 Å². The van der Waals surface area contributed by atoms with Crippen LogP contribution in [0.25, 0.3) is 11.1 Å². The molecule has 0 aliphatic carbocycles. The molecule has 0 aliphatic heterocycles. The monoisotopic (exact) mass is 296 g/mol. The van der Waals surface area contributed by atoms with Gasteiger partial charge in [0.15, 0.2) is 0 Å². The molecule has 0 saturated carbocycles. The average Bonchev–Trinajstić information content (AvgIpc) is 2.53. The zero-order valence-electron chi connectivity index (χ0n) is 14.4. The molecule has 0 radical (unpaired) electrons. The summed E-state index contributed by atoms with van der Waals surface area (Å²) in [5.74, 6) is 1.000. The van der Waals surface area contributed by atoms with E-state index in [1.54, 1.807) is 0 Å². The Morgan fingerprint density at radius 1 is 0.818 bits per heavy atom. The number of ether oxygens (including phenoxy) is 1. The van der Waals surface area contributed by atoms with Crippen molar-refractivity contribution in [1.29, 1.82) is 0 Å². The van der Waals surface area contributed by atoms with E-state index in [4.69, 9.17) is 4.74 Å². The number of hydrogen-bond donors (Lipinski definition) is 0.